The van der Waals surface area contributed by atoms with Crippen molar-refractivity contribution < 1.29 is 14.3 Å². The molecule has 2 heterocycles. The Balaban J connectivity index is 1.65. The lowest BCUT2D eigenvalue weighted by Crippen LogP contribution is -2.41. The van der Waals surface area contributed by atoms with Crippen molar-refractivity contribution in [3.05, 3.63) is 83.4 Å². The molecule has 0 bridgehead atoms. The maximum absolute atomic E-state index is 13.4. The number of amides is 2. The molecule has 3 aromatic rings. The maximum Gasteiger partial charge on any atom is 0.257 e. The highest BCUT2D eigenvalue weighted by Gasteiger charge is 2.27. The van der Waals surface area contributed by atoms with Crippen molar-refractivity contribution in [1.82, 2.24) is 4.90 Å². The first-order valence-corrected chi connectivity index (χ1v) is 11.0. The zero-order valence-electron chi connectivity index (χ0n) is 17.3. The molecule has 0 aliphatic carbocycles. The van der Waals surface area contributed by atoms with Crippen molar-refractivity contribution in [2.45, 2.75) is 6.92 Å². The summed E-state index contributed by atoms with van der Waals surface area (Å²) >= 11 is 1.44. The van der Waals surface area contributed by atoms with Gasteiger partial charge in [-0.3, -0.25) is 9.59 Å². The number of anilines is 1. The maximum atomic E-state index is 13.4. The monoisotopic (exact) mass is 432 g/mol. The van der Waals surface area contributed by atoms with Gasteiger partial charge in [0.15, 0.2) is 0 Å². The zero-order valence-corrected chi connectivity index (χ0v) is 18.2. The summed E-state index contributed by atoms with van der Waals surface area (Å²) < 4.78 is 5.39. The lowest BCUT2D eigenvalue weighted by atomic mass is 10.1. The quantitative estimate of drug-likeness (QED) is 0.587. The summed E-state index contributed by atoms with van der Waals surface area (Å²) in [6.07, 6.45) is 3.26. The first kappa shape index (κ1) is 21.0. The fraction of sp³-hybridized carbons (Fsp3) is 0.200. The normalized spacial score (nSPS) is 14.0. The molecule has 4 rings (SSSR count). The predicted octanol–water partition coefficient (Wildman–Crippen LogP) is 4.85. The second kappa shape index (κ2) is 9.73. The number of rotatable bonds is 5. The minimum atomic E-state index is -0.263. The van der Waals surface area contributed by atoms with Gasteiger partial charge in [-0.05, 0) is 29.7 Å². The molecule has 6 heteroatoms. The van der Waals surface area contributed by atoms with E-state index in [9.17, 15) is 9.59 Å². The summed E-state index contributed by atoms with van der Waals surface area (Å²) in [6.45, 7) is 4.11. The number of hydrogen-bond acceptors (Lipinski definition) is 4. The molecule has 2 amide bonds. The number of thiophene rings is 1. The van der Waals surface area contributed by atoms with Crippen molar-refractivity contribution in [3.8, 4) is 10.4 Å². The Bertz CT molecular complexity index is 1080. The third-order valence-electron chi connectivity index (χ3n) is 5.16. The molecule has 1 aliphatic heterocycles. The Morgan fingerprint density at radius 1 is 1.00 bits per heavy atom. The molecule has 2 aromatic carbocycles. The SMILES string of the molecule is Cc1c(-c2ccccc2)sc(NC(=O)/C=C/c2ccccc2)c1C(=O)N1CCOCC1. The van der Waals surface area contributed by atoms with E-state index in [0.717, 1.165) is 21.6 Å². The van der Waals surface area contributed by atoms with Crippen LogP contribution in [0.25, 0.3) is 16.5 Å². The number of morpholine rings is 1. The third kappa shape index (κ3) is 4.93. The molecule has 0 radical (unpaired) electrons. The number of nitrogens with one attached hydrogen (secondary N) is 1. The smallest absolute Gasteiger partial charge is 0.257 e. The molecular weight excluding hydrogens is 408 g/mol. The summed E-state index contributed by atoms with van der Waals surface area (Å²) in [5, 5.41) is 3.53. The van der Waals surface area contributed by atoms with Crippen molar-refractivity contribution in [1.29, 1.82) is 0 Å². The number of carbonyl (C=O) groups is 2. The lowest BCUT2D eigenvalue weighted by molar-refractivity contribution is -0.111. The van der Waals surface area contributed by atoms with Crippen molar-refractivity contribution in [2.24, 2.45) is 0 Å². The molecular formula is C25H24N2O3S. The van der Waals surface area contributed by atoms with Crippen LogP contribution in [0, 0.1) is 6.92 Å². The van der Waals surface area contributed by atoms with E-state index in [-0.39, 0.29) is 11.8 Å². The van der Waals surface area contributed by atoms with Gasteiger partial charge < -0.3 is 15.0 Å². The van der Waals surface area contributed by atoms with Gasteiger partial charge in [-0.1, -0.05) is 60.7 Å². The Hall–Kier alpha value is -3.22. The topological polar surface area (TPSA) is 58.6 Å². The van der Waals surface area contributed by atoms with Crippen molar-refractivity contribution in [2.75, 3.05) is 31.6 Å². The molecule has 31 heavy (non-hydrogen) atoms. The van der Waals surface area contributed by atoms with Crippen molar-refractivity contribution in [3.63, 3.8) is 0 Å². The van der Waals surface area contributed by atoms with Crippen LogP contribution in [0.2, 0.25) is 0 Å². The van der Waals surface area contributed by atoms with Gasteiger partial charge in [0.05, 0.1) is 18.8 Å². The van der Waals surface area contributed by atoms with Crippen LogP contribution >= 0.6 is 11.3 Å². The Kier molecular flexibility index (Phi) is 6.60. The average molecular weight is 433 g/mol. The molecule has 0 unspecified atom stereocenters. The molecule has 158 valence electrons. The molecule has 5 nitrogen and oxygen atoms in total. The minimum Gasteiger partial charge on any atom is -0.378 e. The van der Waals surface area contributed by atoms with Gasteiger partial charge in [0.1, 0.15) is 5.00 Å². The Morgan fingerprint density at radius 2 is 1.65 bits per heavy atom. The fourth-order valence-corrected chi connectivity index (χ4v) is 4.75. The first-order valence-electron chi connectivity index (χ1n) is 10.2. The lowest BCUT2D eigenvalue weighted by Gasteiger charge is -2.27. The number of hydrogen-bond donors (Lipinski definition) is 1. The number of carbonyl (C=O) groups excluding carboxylic acids is 2. The van der Waals surface area contributed by atoms with Gasteiger partial charge >= 0.3 is 0 Å². The summed E-state index contributed by atoms with van der Waals surface area (Å²) in [7, 11) is 0. The van der Waals surface area contributed by atoms with Crippen LogP contribution < -0.4 is 5.32 Å². The molecule has 0 spiro atoms. The summed E-state index contributed by atoms with van der Waals surface area (Å²) in [5.74, 6) is -0.331. The van der Waals surface area contributed by atoms with E-state index in [4.69, 9.17) is 4.74 Å². The first-order chi connectivity index (χ1) is 15.1. The van der Waals surface area contributed by atoms with Crippen LogP contribution in [0.5, 0.6) is 0 Å². The van der Waals surface area contributed by atoms with Gasteiger partial charge in [-0.15, -0.1) is 11.3 Å². The second-order valence-electron chi connectivity index (χ2n) is 7.26. The van der Waals surface area contributed by atoms with Crippen molar-refractivity contribution >= 4 is 34.2 Å². The second-order valence-corrected chi connectivity index (χ2v) is 8.28. The molecule has 1 N–H and O–H groups in total. The van der Waals surface area contributed by atoms with Gasteiger partial charge in [0.25, 0.3) is 5.91 Å². The Morgan fingerprint density at radius 3 is 2.32 bits per heavy atom. The predicted molar refractivity (Wildman–Crippen MR) is 125 cm³/mol. The largest absolute Gasteiger partial charge is 0.378 e. The third-order valence-corrected chi connectivity index (χ3v) is 6.41. The summed E-state index contributed by atoms with van der Waals surface area (Å²) in [4.78, 5) is 28.8. The van der Waals surface area contributed by atoms with Crippen LogP contribution in [0.3, 0.4) is 0 Å². The number of benzene rings is 2. The summed E-state index contributed by atoms with van der Waals surface area (Å²) in [6, 6.07) is 19.6. The van der Waals surface area contributed by atoms with Crippen LogP contribution in [-0.4, -0.2) is 43.0 Å². The Labute approximate surface area is 186 Å². The fourth-order valence-electron chi connectivity index (χ4n) is 3.54. The highest BCUT2D eigenvalue weighted by Crippen LogP contribution is 2.40. The standard InChI is InChI=1S/C25H24N2O3S/c1-18-22(25(29)27-14-16-30-17-15-27)24(31-23(18)20-10-6-3-7-11-20)26-21(28)13-12-19-8-4-2-5-9-19/h2-13H,14-17H2,1H3,(H,26,28)/b13-12+. The van der Waals surface area contributed by atoms with Crippen LogP contribution in [0.1, 0.15) is 21.5 Å². The minimum absolute atomic E-state index is 0.0680. The zero-order chi connectivity index (χ0) is 21.6. The van der Waals surface area contributed by atoms with E-state index in [0.29, 0.717) is 36.9 Å². The van der Waals surface area contributed by atoms with E-state index >= 15 is 0 Å². The highest BCUT2D eigenvalue weighted by molar-refractivity contribution is 7.20. The van der Waals surface area contributed by atoms with Crippen LogP contribution in [0.4, 0.5) is 5.00 Å². The van der Waals surface area contributed by atoms with Gasteiger partial charge in [-0.2, -0.15) is 0 Å². The van der Waals surface area contributed by atoms with E-state index in [1.807, 2.05) is 67.6 Å². The molecule has 0 saturated carbocycles. The van der Waals surface area contributed by atoms with E-state index in [1.54, 1.807) is 11.0 Å². The number of nitrogens with zero attached hydrogens (tertiary/aromatic N) is 1. The van der Waals surface area contributed by atoms with E-state index < -0.39 is 0 Å². The molecule has 1 fully saturated rings. The molecule has 1 saturated heterocycles. The molecule has 1 aliphatic rings. The highest BCUT2D eigenvalue weighted by atomic mass is 32.1. The van der Waals surface area contributed by atoms with E-state index in [1.165, 1.54) is 17.4 Å². The van der Waals surface area contributed by atoms with Crippen LogP contribution in [-0.2, 0) is 9.53 Å². The van der Waals surface area contributed by atoms with Gasteiger partial charge in [0, 0.05) is 24.0 Å². The average Bonchev–Trinajstić information content (AvgIpc) is 3.14. The van der Waals surface area contributed by atoms with Gasteiger partial charge in [0.2, 0.25) is 5.91 Å². The number of ether oxygens (including phenoxy) is 1. The molecule has 0 atom stereocenters. The van der Waals surface area contributed by atoms with Gasteiger partial charge in [-0.25, -0.2) is 0 Å². The van der Waals surface area contributed by atoms with E-state index in [2.05, 4.69) is 5.32 Å². The van der Waals surface area contributed by atoms with Crippen LogP contribution in [0.15, 0.2) is 66.7 Å². The molecule has 1 aromatic heterocycles. The summed E-state index contributed by atoms with van der Waals surface area (Å²) in [5.41, 5.74) is 3.42.